The topological polar surface area (TPSA) is 61.4 Å². The molecule has 1 fully saturated rings. The summed E-state index contributed by atoms with van der Waals surface area (Å²) in [6.45, 7) is 8.63. The normalized spacial score (nSPS) is 21.4. The predicted octanol–water partition coefficient (Wildman–Crippen LogP) is 1.92. The van der Waals surface area contributed by atoms with Crippen LogP contribution >= 0.6 is 0 Å². The molecule has 1 saturated heterocycles. The van der Waals surface area contributed by atoms with Crippen molar-refractivity contribution in [3.63, 3.8) is 0 Å². The highest BCUT2D eigenvalue weighted by atomic mass is 16.2. The van der Waals surface area contributed by atoms with Crippen LogP contribution in [0.4, 0.5) is 11.6 Å². The Hall–Kier alpha value is -1.85. The fraction of sp³-hybridized carbons (Fsp3) is 0.706. The molecule has 6 nitrogen and oxygen atoms in total. The Labute approximate surface area is 139 Å². The average Bonchev–Trinajstić information content (AvgIpc) is 2.52. The Kier molecular flexibility index (Phi) is 5.44. The minimum absolute atomic E-state index is 0.151. The highest BCUT2D eigenvalue weighted by molar-refractivity contribution is 5.83. The molecule has 1 N–H and O–H groups in total. The first-order valence-corrected chi connectivity index (χ1v) is 8.34. The van der Waals surface area contributed by atoms with Gasteiger partial charge >= 0.3 is 0 Å². The molecule has 0 bridgehead atoms. The van der Waals surface area contributed by atoms with Crippen molar-refractivity contribution in [2.45, 2.75) is 33.6 Å². The maximum Gasteiger partial charge on any atom is 0.227 e. The van der Waals surface area contributed by atoms with Crippen LogP contribution in [0.5, 0.6) is 0 Å². The zero-order chi connectivity index (χ0) is 17.0. The Morgan fingerprint density at radius 3 is 2.83 bits per heavy atom. The lowest BCUT2D eigenvalue weighted by atomic mass is 9.81. The van der Waals surface area contributed by atoms with E-state index in [9.17, 15) is 4.79 Å². The van der Waals surface area contributed by atoms with Crippen molar-refractivity contribution in [2.24, 2.45) is 11.3 Å². The molecule has 1 amide bonds. The third kappa shape index (κ3) is 4.33. The van der Waals surface area contributed by atoms with E-state index in [1.54, 1.807) is 6.33 Å². The fourth-order valence-corrected chi connectivity index (χ4v) is 2.89. The van der Waals surface area contributed by atoms with Crippen molar-refractivity contribution in [2.75, 3.05) is 43.5 Å². The maximum absolute atomic E-state index is 12.6. The molecular formula is C17H29N5O. The van der Waals surface area contributed by atoms with Crippen LogP contribution in [0.2, 0.25) is 0 Å². The Bertz CT molecular complexity index is 546. The summed E-state index contributed by atoms with van der Waals surface area (Å²) in [7, 11) is 3.93. The standard InChI is InChI=1S/C17H29N5O/c1-13(2)10-18-16(23)17(3)7-6-8-22(11-17)15-9-14(21(4)5)19-12-20-15/h9,12-13H,6-8,10-11H2,1-5H3,(H,18,23)/t17-/m1/s1. The molecule has 2 rings (SSSR count). The molecule has 0 aliphatic carbocycles. The smallest absolute Gasteiger partial charge is 0.227 e. The minimum Gasteiger partial charge on any atom is -0.363 e. The summed E-state index contributed by atoms with van der Waals surface area (Å²) >= 11 is 0. The summed E-state index contributed by atoms with van der Waals surface area (Å²) in [6.07, 6.45) is 3.50. The molecule has 0 saturated carbocycles. The number of nitrogens with one attached hydrogen (secondary N) is 1. The molecule has 1 atom stereocenters. The summed E-state index contributed by atoms with van der Waals surface area (Å²) in [5.41, 5.74) is -0.365. The second-order valence-electron chi connectivity index (χ2n) is 7.32. The lowest BCUT2D eigenvalue weighted by molar-refractivity contribution is -0.130. The SMILES string of the molecule is CC(C)CNC(=O)[C@]1(C)CCCN(c2cc(N(C)C)ncn2)C1. The van der Waals surface area contributed by atoms with Crippen molar-refractivity contribution in [3.8, 4) is 0 Å². The third-order valence-corrected chi connectivity index (χ3v) is 4.34. The molecule has 128 valence electrons. The Morgan fingerprint density at radius 1 is 1.43 bits per heavy atom. The maximum atomic E-state index is 12.6. The molecule has 1 aromatic rings. The fourth-order valence-electron chi connectivity index (χ4n) is 2.89. The second-order valence-corrected chi connectivity index (χ2v) is 7.32. The molecule has 1 aliphatic heterocycles. The number of hydrogen-bond donors (Lipinski definition) is 1. The number of nitrogens with zero attached hydrogens (tertiary/aromatic N) is 4. The largest absolute Gasteiger partial charge is 0.363 e. The number of hydrogen-bond acceptors (Lipinski definition) is 5. The molecule has 1 aromatic heterocycles. The van der Waals surface area contributed by atoms with Crippen LogP contribution in [-0.2, 0) is 4.79 Å². The van der Waals surface area contributed by atoms with Gasteiger partial charge in [0.2, 0.25) is 5.91 Å². The third-order valence-electron chi connectivity index (χ3n) is 4.34. The number of piperidine rings is 1. The second kappa shape index (κ2) is 7.15. The predicted molar refractivity (Wildman–Crippen MR) is 93.8 cm³/mol. The van der Waals surface area contributed by atoms with Crippen LogP contribution in [0.25, 0.3) is 0 Å². The monoisotopic (exact) mass is 319 g/mol. The van der Waals surface area contributed by atoms with Gasteiger partial charge in [0.15, 0.2) is 0 Å². The van der Waals surface area contributed by atoms with E-state index in [2.05, 4.69) is 41.0 Å². The van der Waals surface area contributed by atoms with E-state index < -0.39 is 0 Å². The van der Waals surface area contributed by atoms with E-state index in [4.69, 9.17) is 0 Å². The molecule has 0 aromatic carbocycles. The molecule has 0 unspecified atom stereocenters. The van der Waals surface area contributed by atoms with Crippen molar-refractivity contribution >= 4 is 17.5 Å². The number of anilines is 2. The number of carbonyl (C=O) groups excluding carboxylic acids is 1. The molecule has 23 heavy (non-hydrogen) atoms. The average molecular weight is 319 g/mol. The first-order valence-electron chi connectivity index (χ1n) is 8.34. The molecular weight excluding hydrogens is 290 g/mol. The molecule has 0 radical (unpaired) electrons. The van der Waals surface area contributed by atoms with Gasteiger partial charge in [-0.3, -0.25) is 4.79 Å². The van der Waals surface area contributed by atoms with Crippen molar-refractivity contribution < 1.29 is 4.79 Å². The van der Waals surface area contributed by atoms with E-state index in [1.807, 2.05) is 25.1 Å². The van der Waals surface area contributed by atoms with Gasteiger partial charge in [-0.15, -0.1) is 0 Å². The van der Waals surface area contributed by atoms with Crippen LogP contribution < -0.4 is 15.1 Å². The number of amides is 1. The van der Waals surface area contributed by atoms with Gasteiger partial charge in [-0.25, -0.2) is 9.97 Å². The summed E-state index contributed by atoms with van der Waals surface area (Å²) in [6, 6.07) is 1.98. The summed E-state index contributed by atoms with van der Waals surface area (Å²) in [5, 5.41) is 3.09. The first-order chi connectivity index (χ1) is 10.8. The van der Waals surface area contributed by atoms with Crippen LogP contribution in [-0.4, -0.2) is 49.6 Å². The van der Waals surface area contributed by atoms with E-state index in [0.29, 0.717) is 12.5 Å². The molecule has 2 heterocycles. The van der Waals surface area contributed by atoms with Gasteiger partial charge in [0.05, 0.1) is 5.41 Å². The van der Waals surface area contributed by atoms with Gasteiger partial charge in [0.1, 0.15) is 18.0 Å². The van der Waals surface area contributed by atoms with Gasteiger partial charge in [-0.2, -0.15) is 0 Å². The summed E-state index contributed by atoms with van der Waals surface area (Å²) in [5.74, 6) is 2.39. The molecule has 6 heteroatoms. The van der Waals surface area contributed by atoms with Crippen LogP contribution in [0.1, 0.15) is 33.6 Å². The van der Waals surface area contributed by atoms with E-state index >= 15 is 0 Å². The van der Waals surface area contributed by atoms with Gasteiger partial charge < -0.3 is 15.1 Å². The van der Waals surface area contributed by atoms with Crippen LogP contribution in [0.3, 0.4) is 0 Å². The van der Waals surface area contributed by atoms with Crippen molar-refractivity contribution in [1.29, 1.82) is 0 Å². The van der Waals surface area contributed by atoms with Crippen molar-refractivity contribution in [1.82, 2.24) is 15.3 Å². The zero-order valence-corrected chi connectivity index (χ0v) is 15.0. The van der Waals surface area contributed by atoms with Crippen molar-refractivity contribution in [3.05, 3.63) is 12.4 Å². The summed E-state index contributed by atoms with van der Waals surface area (Å²) in [4.78, 5) is 25.4. The number of aromatic nitrogens is 2. The highest BCUT2D eigenvalue weighted by Gasteiger charge is 2.38. The van der Waals surface area contributed by atoms with Gasteiger partial charge in [-0.1, -0.05) is 13.8 Å². The summed E-state index contributed by atoms with van der Waals surface area (Å²) < 4.78 is 0. The Balaban J connectivity index is 2.10. The number of rotatable bonds is 5. The van der Waals surface area contributed by atoms with Gasteiger partial charge in [-0.05, 0) is 25.7 Å². The molecule has 1 aliphatic rings. The first kappa shape index (κ1) is 17.5. The minimum atomic E-state index is -0.365. The van der Waals surface area contributed by atoms with E-state index in [1.165, 1.54) is 0 Å². The quantitative estimate of drug-likeness (QED) is 0.898. The van der Waals surface area contributed by atoms with E-state index in [-0.39, 0.29) is 11.3 Å². The Morgan fingerprint density at radius 2 is 2.17 bits per heavy atom. The van der Waals surface area contributed by atoms with Crippen LogP contribution in [0, 0.1) is 11.3 Å². The zero-order valence-electron chi connectivity index (χ0n) is 15.0. The van der Waals surface area contributed by atoms with Gasteiger partial charge in [0, 0.05) is 39.8 Å². The van der Waals surface area contributed by atoms with E-state index in [0.717, 1.165) is 37.6 Å². The highest BCUT2D eigenvalue weighted by Crippen LogP contribution is 2.32. The lowest BCUT2D eigenvalue weighted by Gasteiger charge is -2.40. The van der Waals surface area contributed by atoms with Gasteiger partial charge in [0.25, 0.3) is 0 Å². The number of carbonyl (C=O) groups is 1. The van der Waals surface area contributed by atoms with Crippen LogP contribution in [0.15, 0.2) is 12.4 Å². The molecule has 0 spiro atoms. The lowest BCUT2D eigenvalue weighted by Crippen LogP contribution is -2.51.